The van der Waals surface area contributed by atoms with Crippen molar-refractivity contribution in [2.75, 3.05) is 0 Å². The summed E-state index contributed by atoms with van der Waals surface area (Å²) in [6.45, 7) is 6.90. The van der Waals surface area contributed by atoms with Crippen LogP contribution in [0.4, 0.5) is 4.39 Å². The van der Waals surface area contributed by atoms with Crippen LogP contribution in [0.5, 0.6) is 0 Å². The van der Waals surface area contributed by atoms with E-state index in [1.807, 2.05) is 6.07 Å². The third-order valence-corrected chi connectivity index (χ3v) is 3.54. The molecule has 0 atom stereocenters. The normalized spacial score (nSPS) is 11.6. The van der Waals surface area contributed by atoms with Crippen molar-refractivity contribution in [1.29, 1.82) is 0 Å². The van der Waals surface area contributed by atoms with Gasteiger partial charge >= 0.3 is 0 Å². The molecule has 0 aliphatic carbocycles. The van der Waals surface area contributed by atoms with E-state index in [9.17, 15) is 4.39 Å². The Labute approximate surface area is 123 Å². The fourth-order valence-corrected chi connectivity index (χ4v) is 2.30. The van der Waals surface area contributed by atoms with Crippen LogP contribution in [-0.4, -0.2) is 15.5 Å². The first-order chi connectivity index (χ1) is 9.44. The molecule has 1 aromatic carbocycles. The van der Waals surface area contributed by atoms with Gasteiger partial charge in [-0.05, 0) is 38.5 Å². The molecule has 0 saturated heterocycles. The molecule has 106 valence electrons. The van der Waals surface area contributed by atoms with Gasteiger partial charge in [-0.1, -0.05) is 17.8 Å². The van der Waals surface area contributed by atoms with Crippen LogP contribution < -0.4 is 5.32 Å². The minimum absolute atomic E-state index is 0.0174. The minimum Gasteiger partial charge on any atom is -0.308 e. The molecule has 1 N–H and O–H groups in total. The molecular formula is C15H18FN3S. The Bertz CT molecular complexity index is 567. The summed E-state index contributed by atoms with van der Waals surface area (Å²) in [5.41, 5.74) is 0.949. The summed E-state index contributed by atoms with van der Waals surface area (Å²) in [5.74, 6) is -0.228. The Balaban J connectivity index is 2.06. The zero-order chi connectivity index (χ0) is 14.6. The van der Waals surface area contributed by atoms with Gasteiger partial charge in [0, 0.05) is 29.4 Å². The van der Waals surface area contributed by atoms with E-state index in [1.165, 1.54) is 11.8 Å². The Morgan fingerprint density at radius 2 is 2.05 bits per heavy atom. The second-order valence-corrected chi connectivity index (χ2v) is 6.58. The van der Waals surface area contributed by atoms with Gasteiger partial charge in [0.1, 0.15) is 10.8 Å². The van der Waals surface area contributed by atoms with E-state index in [-0.39, 0.29) is 11.4 Å². The first kappa shape index (κ1) is 14.9. The number of hydrogen-bond donors (Lipinski definition) is 1. The van der Waals surface area contributed by atoms with Gasteiger partial charge in [0.25, 0.3) is 0 Å². The molecule has 0 spiro atoms. The molecule has 0 amide bonds. The largest absolute Gasteiger partial charge is 0.308 e. The molecule has 0 unspecified atom stereocenters. The second kappa shape index (κ2) is 6.33. The van der Waals surface area contributed by atoms with Crippen molar-refractivity contribution in [1.82, 2.24) is 15.3 Å². The number of aromatic nitrogens is 2. The van der Waals surface area contributed by atoms with Crippen molar-refractivity contribution < 1.29 is 4.39 Å². The van der Waals surface area contributed by atoms with E-state index < -0.39 is 0 Å². The molecule has 0 aliphatic heterocycles. The highest BCUT2D eigenvalue weighted by Crippen LogP contribution is 2.28. The number of halogens is 1. The van der Waals surface area contributed by atoms with Gasteiger partial charge in [-0.2, -0.15) is 0 Å². The maximum atomic E-state index is 14.1. The van der Waals surface area contributed by atoms with E-state index in [2.05, 4.69) is 36.1 Å². The Kier molecular flexibility index (Phi) is 4.73. The molecule has 0 saturated carbocycles. The van der Waals surface area contributed by atoms with Crippen molar-refractivity contribution in [2.24, 2.45) is 0 Å². The highest BCUT2D eigenvalue weighted by atomic mass is 32.2. The molecule has 0 radical (unpaired) electrons. The molecule has 5 heteroatoms. The molecule has 1 heterocycles. The predicted molar refractivity (Wildman–Crippen MR) is 79.1 cm³/mol. The van der Waals surface area contributed by atoms with Crippen LogP contribution in [0.25, 0.3) is 0 Å². The van der Waals surface area contributed by atoms with Crippen molar-refractivity contribution in [3.8, 4) is 0 Å². The van der Waals surface area contributed by atoms with Gasteiger partial charge in [-0.15, -0.1) is 0 Å². The van der Waals surface area contributed by atoms with E-state index in [0.717, 1.165) is 5.56 Å². The van der Waals surface area contributed by atoms with Crippen LogP contribution in [-0.2, 0) is 6.54 Å². The van der Waals surface area contributed by atoms with Crippen LogP contribution in [0, 0.1) is 5.82 Å². The lowest BCUT2D eigenvalue weighted by molar-refractivity contribution is 0.423. The first-order valence-electron chi connectivity index (χ1n) is 6.41. The monoisotopic (exact) mass is 291 g/mol. The summed E-state index contributed by atoms with van der Waals surface area (Å²) in [6, 6.07) is 5.28. The topological polar surface area (TPSA) is 37.8 Å². The van der Waals surface area contributed by atoms with E-state index in [0.29, 0.717) is 16.5 Å². The fraction of sp³-hybridized carbons (Fsp3) is 0.333. The van der Waals surface area contributed by atoms with Crippen LogP contribution in [0.15, 0.2) is 46.7 Å². The van der Waals surface area contributed by atoms with E-state index >= 15 is 0 Å². The van der Waals surface area contributed by atoms with Gasteiger partial charge in [0.05, 0.1) is 6.20 Å². The minimum atomic E-state index is -0.228. The summed E-state index contributed by atoms with van der Waals surface area (Å²) < 4.78 is 14.1. The highest BCUT2D eigenvalue weighted by molar-refractivity contribution is 7.99. The molecule has 1 aromatic heterocycles. The van der Waals surface area contributed by atoms with Crippen molar-refractivity contribution in [2.45, 2.75) is 42.8 Å². The molecule has 2 rings (SSSR count). The lowest BCUT2D eigenvalue weighted by atomic mass is 10.1. The van der Waals surface area contributed by atoms with Crippen LogP contribution >= 0.6 is 11.8 Å². The van der Waals surface area contributed by atoms with Gasteiger partial charge in [-0.25, -0.2) is 9.37 Å². The molecule has 0 aliphatic rings. The summed E-state index contributed by atoms with van der Waals surface area (Å²) >= 11 is 1.28. The maximum absolute atomic E-state index is 14.1. The number of nitrogens with zero attached hydrogens (tertiary/aromatic N) is 2. The predicted octanol–water partition coefficient (Wildman–Crippen LogP) is 3.66. The molecule has 2 aromatic rings. The smallest absolute Gasteiger partial charge is 0.137 e. The Hall–Kier alpha value is -1.46. The van der Waals surface area contributed by atoms with Crippen LogP contribution in [0.1, 0.15) is 26.3 Å². The average Bonchev–Trinajstić information content (AvgIpc) is 2.40. The zero-order valence-electron chi connectivity index (χ0n) is 11.9. The molecule has 3 nitrogen and oxygen atoms in total. The van der Waals surface area contributed by atoms with Crippen molar-refractivity contribution >= 4 is 11.8 Å². The summed E-state index contributed by atoms with van der Waals surface area (Å²) in [4.78, 5) is 8.66. The lowest BCUT2D eigenvalue weighted by Gasteiger charge is -2.20. The van der Waals surface area contributed by atoms with Gasteiger partial charge < -0.3 is 5.32 Å². The Morgan fingerprint density at radius 3 is 2.65 bits per heavy atom. The third-order valence-electron chi connectivity index (χ3n) is 2.57. The maximum Gasteiger partial charge on any atom is 0.137 e. The third kappa shape index (κ3) is 4.58. The van der Waals surface area contributed by atoms with Crippen molar-refractivity contribution in [3.63, 3.8) is 0 Å². The van der Waals surface area contributed by atoms with Crippen molar-refractivity contribution in [3.05, 3.63) is 48.2 Å². The molecular weight excluding hydrogens is 273 g/mol. The van der Waals surface area contributed by atoms with Gasteiger partial charge in [0.15, 0.2) is 0 Å². The van der Waals surface area contributed by atoms with E-state index in [1.54, 1.807) is 30.7 Å². The second-order valence-electron chi connectivity index (χ2n) is 5.51. The Morgan fingerprint density at radius 1 is 1.25 bits per heavy atom. The standard InChI is InChI=1S/C15H18FN3S/c1-15(2,3)19-9-11-4-5-13(12(16)8-11)20-14-10-17-6-7-18-14/h4-8,10,19H,9H2,1-3H3. The lowest BCUT2D eigenvalue weighted by Crippen LogP contribution is -2.35. The quantitative estimate of drug-likeness (QED) is 0.933. The number of nitrogens with one attached hydrogen (secondary N) is 1. The van der Waals surface area contributed by atoms with Gasteiger partial charge in [-0.3, -0.25) is 4.98 Å². The van der Waals surface area contributed by atoms with E-state index in [4.69, 9.17) is 0 Å². The number of hydrogen-bond acceptors (Lipinski definition) is 4. The number of benzene rings is 1. The first-order valence-corrected chi connectivity index (χ1v) is 7.23. The number of rotatable bonds is 4. The summed E-state index contributed by atoms with van der Waals surface area (Å²) in [5, 5.41) is 4.03. The molecule has 20 heavy (non-hydrogen) atoms. The average molecular weight is 291 g/mol. The molecule has 0 bridgehead atoms. The van der Waals surface area contributed by atoms with Crippen LogP contribution in [0.3, 0.4) is 0 Å². The summed E-state index contributed by atoms with van der Waals surface area (Å²) in [7, 11) is 0. The SMILES string of the molecule is CC(C)(C)NCc1ccc(Sc2cnccn2)c(F)c1. The molecule has 0 fully saturated rings. The highest BCUT2D eigenvalue weighted by Gasteiger charge is 2.10. The van der Waals surface area contributed by atoms with Gasteiger partial charge in [0.2, 0.25) is 0 Å². The summed E-state index contributed by atoms with van der Waals surface area (Å²) in [6.07, 6.45) is 4.82. The fourth-order valence-electron chi connectivity index (χ4n) is 1.56. The van der Waals surface area contributed by atoms with Crippen LogP contribution in [0.2, 0.25) is 0 Å². The zero-order valence-corrected chi connectivity index (χ0v) is 12.7.